The van der Waals surface area contributed by atoms with Crippen molar-refractivity contribution in [2.24, 2.45) is 0 Å². The second-order valence-electron chi connectivity index (χ2n) is 15.0. The van der Waals surface area contributed by atoms with Gasteiger partial charge in [0.2, 0.25) is 5.95 Å². The highest BCUT2D eigenvalue weighted by Gasteiger charge is 2.27. The van der Waals surface area contributed by atoms with Crippen LogP contribution in [0.5, 0.6) is 11.5 Å². The predicted molar refractivity (Wildman–Crippen MR) is 242 cm³/mol. The lowest BCUT2D eigenvalue weighted by Gasteiger charge is -2.33. The first-order chi connectivity index (χ1) is 29.3. The fraction of sp³-hybridized carbons (Fsp3) is 0. The summed E-state index contributed by atoms with van der Waals surface area (Å²) in [6.07, 6.45) is 0. The van der Waals surface area contributed by atoms with Crippen LogP contribution in [-0.4, -0.2) is 14.5 Å². The van der Waals surface area contributed by atoms with Crippen molar-refractivity contribution in [2.75, 3.05) is 4.90 Å². The zero-order valence-corrected chi connectivity index (χ0v) is 31.8. The third kappa shape index (κ3) is 5.33. The third-order valence-corrected chi connectivity index (χ3v) is 11.6. The summed E-state index contributed by atoms with van der Waals surface area (Å²) in [6.45, 7) is 0. The highest BCUT2D eigenvalue weighted by atomic mass is 16.5. The quantitative estimate of drug-likeness (QED) is 0.175. The van der Waals surface area contributed by atoms with Crippen molar-refractivity contribution in [3.8, 4) is 51.0 Å². The maximum atomic E-state index is 6.48. The topological polar surface area (TPSA) is 43.2 Å². The van der Waals surface area contributed by atoms with Crippen LogP contribution < -0.4 is 9.64 Å². The Balaban J connectivity index is 1.08. The molecule has 0 radical (unpaired) electrons. The Bertz CT molecular complexity index is 3430. The molecule has 3 heterocycles. The van der Waals surface area contributed by atoms with Crippen molar-refractivity contribution in [1.29, 1.82) is 0 Å². The van der Waals surface area contributed by atoms with Crippen LogP contribution in [-0.2, 0) is 0 Å². The van der Waals surface area contributed by atoms with Crippen molar-refractivity contribution < 1.29 is 4.74 Å². The molecule has 0 saturated heterocycles. The van der Waals surface area contributed by atoms with Crippen LogP contribution in [0.1, 0.15) is 0 Å². The molecule has 0 saturated carbocycles. The molecule has 1 aliphatic heterocycles. The molecule has 0 spiro atoms. The van der Waals surface area contributed by atoms with Crippen molar-refractivity contribution >= 4 is 60.5 Å². The first-order valence-corrected chi connectivity index (χ1v) is 19.9. The van der Waals surface area contributed by atoms with Crippen LogP contribution in [0.2, 0.25) is 0 Å². The van der Waals surface area contributed by atoms with E-state index in [0.717, 1.165) is 89.4 Å². The Morgan fingerprint density at radius 3 is 2.00 bits per heavy atom. The monoisotopic (exact) mass is 754 g/mol. The normalized spacial score (nSPS) is 12.2. The summed E-state index contributed by atoms with van der Waals surface area (Å²) >= 11 is 0. The highest BCUT2D eigenvalue weighted by molar-refractivity contribution is 6.23. The summed E-state index contributed by atoms with van der Waals surface area (Å²) < 4.78 is 8.76. The van der Waals surface area contributed by atoms with E-state index in [4.69, 9.17) is 14.7 Å². The fourth-order valence-corrected chi connectivity index (χ4v) is 8.91. The van der Waals surface area contributed by atoms with Crippen LogP contribution in [0.25, 0.3) is 82.9 Å². The summed E-state index contributed by atoms with van der Waals surface area (Å²) in [5, 5.41) is 5.75. The number of hydrogen-bond donors (Lipinski definition) is 0. The summed E-state index contributed by atoms with van der Waals surface area (Å²) in [4.78, 5) is 13.0. The molecule has 11 aromatic rings. The molecule has 0 bridgehead atoms. The van der Waals surface area contributed by atoms with E-state index in [9.17, 15) is 0 Å². The number of nitrogens with zero attached hydrogens (tertiary/aromatic N) is 4. The third-order valence-electron chi connectivity index (χ3n) is 11.6. The first-order valence-electron chi connectivity index (χ1n) is 19.9. The van der Waals surface area contributed by atoms with Crippen LogP contribution in [0, 0.1) is 0 Å². The van der Waals surface area contributed by atoms with Gasteiger partial charge < -0.3 is 9.64 Å². The minimum atomic E-state index is 0.636. The minimum absolute atomic E-state index is 0.636. The van der Waals surface area contributed by atoms with Crippen molar-refractivity contribution in [3.05, 3.63) is 206 Å². The number of ether oxygens (including phenoxy) is 1. The number of anilines is 3. The van der Waals surface area contributed by atoms with Gasteiger partial charge in [-0.2, -0.15) is 0 Å². The summed E-state index contributed by atoms with van der Waals surface area (Å²) in [5.74, 6) is 2.29. The van der Waals surface area contributed by atoms with E-state index in [0.29, 0.717) is 5.95 Å². The van der Waals surface area contributed by atoms with E-state index >= 15 is 0 Å². The maximum Gasteiger partial charge on any atom is 0.235 e. The van der Waals surface area contributed by atoms with Gasteiger partial charge in [-0.25, -0.2) is 9.97 Å². The van der Waals surface area contributed by atoms with Gasteiger partial charge in [0.25, 0.3) is 0 Å². The Labute approximate surface area is 340 Å². The highest BCUT2D eigenvalue weighted by Crippen LogP contribution is 2.51. The van der Waals surface area contributed by atoms with Gasteiger partial charge in [-0.15, -0.1) is 0 Å². The van der Waals surface area contributed by atoms with Gasteiger partial charge in [-0.05, 0) is 82.1 Å². The van der Waals surface area contributed by atoms with Gasteiger partial charge in [0, 0.05) is 33.0 Å². The molecule has 2 aromatic heterocycles. The van der Waals surface area contributed by atoms with Crippen molar-refractivity contribution in [2.45, 2.75) is 0 Å². The van der Waals surface area contributed by atoms with Gasteiger partial charge in [0.1, 0.15) is 0 Å². The number of fused-ring (bicyclic) bond motifs is 8. The number of benzene rings is 9. The standard InChI is InChI=1S/C54H34N4O/c1-3-16-36(17-4-1)52-43-23-9-10-26-45(43)55-54(56-52)58-47-31-29-35-15-7-8-22-41(35)51(47)44-25-14-24-42(53(44)58)39-19-13-18-37(33-39)38-30-32-50-48(34-38)57(40-20-5-2-6-21-40)46-27-11-12-28-49(46)59-50/h1-34H. The summed E-state index contributed by atoms with van der Waals surface area (Å²) in [5.41, 5.74) is 12.5. The first kappa shape index (κ1) is 33.2. The predicted octanol–water partition coefficient (Wildman–Crippen LogP) is 14.5. The number of aromatic nitrogens is 3. The average molecular weight is 755 g/mol. The molecule has 5 nitrogen and oxygen atoms in total. The SMILES string of the molecule is c1ccc(-c2nc(-n3c4ccc5ccccc5c4c4cccc(-c5cccc(-c6ccc7c(c6)N(c6ccccc6)c6ccccc6O7)c5)c43)nc3ccccc23)cc1. The molecule has 1 aliphatic rings. The van der Waals surface area contributed by atoms with Gasteiger partial charge >= 0.3 is 0 Å². The lowest BCUT2D eigenvalue weighted by molar-refractivity contribution is 0.477. The molecule has 0 atom stereocenters. The summed E-state index contributed by atoms with van der Waals surface area (Å²) in [6, 6.07) is 72.5. The molecule has 9 aromatic carbocycles. The number of para-hydroxylation sites is 5. The average Bonchev–Trinajstić information content (AvgIpc) is 3.66. The lowest BCUT2D eigenvalue weighted by Crippen LogP contribution is -2.15. The second-order valence-corrected chi connectivity index (χ2v) is 15.0. The van der Waals surface area contributed by atoms with Crippen molar-refractivity contribution in [3.63, 3.8) is 0 Å². The molecule has 0 fully saturated rings. The molecule has 5 heteroatoms. The Hall–Kier alpha value is -8.02. The van der Waals surface area contributed by atoms with Crippen molar-refractivity contribution in [1.82, 2.24) is 14.5 Å². The van der Waals surface area contributed by atoms with Gasteiger partial charge in [-0.3, -0.25) is 4.57 Å². The molecule has 276 valence electrons. The number of rotatable bonds is 5. The van der Waals surface area contributed by atoms with Crippen LogP contribution in [0.15, 0.2) is 206 Å². The zero-order chi connectivity index (χ0) is 38.9. The van der Waals surface area contributed by atoms with Crippen LogP contribution >= 0.6 is 0 Å². The van der Waals surface area contributed by atoms with E-state index < -0.39 is 0 Å². The van der Waals surface area contributed by atoms with E-state index in [1.165, 1.54) is 16.2 Å². The molecule has 12 rings (SSSR count). The molecular weight excluding hydrogens is 721 g/mol. The van der Waals surface area contributed by atoms with Crippen LogP contribution in [0.4, 0.5) is 17.1 Å². The molecule has 0 amide bonds. The summed E-state index contributed by atoms with van der Waals surface area (Å²) in [7, 11) is 0. The molecule has 0 aliphatic carbocycles. The maximum absolute atomic E-state index is 6.48. The van der Waals surface area contributed by atoms with E-state index in [1.54, 1.807) is 0 Å². The minimum Gasteiger partial charge on any atom is -0.453 e. The van der Waals surface area contributed by atoms with Gasteiger partial charge in [0.05, 0.1) is 33.6 Å². The van der Waals surface area contributed by atoms with Gasteiger partial charge in [0.15, 0.2) is 11.5 Å². The Morgan fingerprint density at radius 2 is 1.10 bits per heavy atom. The molecule has 0 N–H and O–H groups in total. The Kier molecular flexibility index (Phi) is 7.47. The van der Waals surface area contributed by atoms with Crippen LogP contribution in [0.3, 0.4) is 0 Å². The Morgan fingerprint density at radius 1 is 0.424 bits per heavy atom. The molecule has 59 heavy (non-hydrogen) atoms. The van der Waals surface area contributed by atoms with E-state index in [2.05, 4.69) is 198 Å². The van der Waals surface area contributed by atoms with Gasteiger partial charge in [-0.1, -0.05) is 152 Å². The fourth-order valence-electron chi connectivity index (χ4n) is 8.91. The number of hydrogen-bond acceptors (Lipinski definition) is 4. The smallest absolute Gasteiger partial charge is 0.235 e. The second kappa shape index (κ2) is 13.3. The largest absolute Gasteiger partial charge is 0.453 e. The van der Waals surface area contributed by atoms with E-state index in [1.807, 2.05) is 18.2 Å². The molecule has 0 unspecified atom stereocenters. The molecular formula is C54H34N4O. The van der Waals surface area contributed by atoms with E-state index in [-0.39, 0.29) is 0 Å². The zero-order valence-electron chi connectivity index (χ0n) is 31.8. The lowest BCUT2D eigenvalue weighted by atomic mass is 9.96.